The van der Waals surface area contributed by atoms with Gasteiger partial charge in [-0.1, -0.05) is 97.7 Å². The number of carbonyl (C=O) groups excluding carboxylic acids is 4. The van der Waals surface area contributed by atoms with Crippen LogP contribution in [-0.4, -0.2) is 42.4 Å². The van der Waals surface area contributed by atoms with Crippen LogP contribution in [0.4, 0.5) is 4.79 Å². The van der Waals surface area contributed by atoms with Gasteiger partial charge in [0.2, 0.25) is 5.91 Å². The van der Waals surface area contributed by atoms with Crippen molar-refractivity contribution in [3.05, 3.63) is 106 Å². The van der Waals surface area contributed by atoms with E-state index in [1.807, 2.05) is 74.5 Å². The first-order valence-electron chi connectivity index (χ1n) is 13.6. The molecule has 0 bridgehead atoms. The molecule has 3 aromatic carbocycles. The van der Waals surface area contributed by atoms with Gasteiger partial charge >= 0.3 is 12.1 Å². The fourth-order valence-electron chi connectivity index (χ4n) is 4.12. The molecule has 0 saturated heterocycles. The monoisotopic (exact) mass is 616 g/mol. The molecule has 2 atom stereocenters. The zero-order chi connectivity index (χ0) is 30.5. The van der Waals surface area contributed by atoms with Crippen molar-refractivity contribution in [1.82, 2.24) is 10.6 Å². The number of ether oxygens (including phenoxy) is 2. The Labute approximate surface area is 258 Å². The van der Waals surface area contributed by atoms with Crippen LogP contribution in [0.15, 0.2) is 78.9 Å². The maximum atomic E-state index is 13.4. The summed E-state index contributed by atoms with van der Waals surface area (Å²) in [4.78, 5) is 51.8. The molecule has 0 aliphatic carbocycles. The van der Waals surface area contributed by atoms with Gasteiger partial charge in [0, 0.05) is 7.88 Å². The molecular formula is C32H38Cl2N2O6. The summed E-state index contributed by atoms with van der Waals surface area (Å²) >= 11 is 12.0. The third-order valence-electron chi connectivity index (χ3n) is 6.29. The van der Waals surface area contributed by atoms with Crippen LogP contribution in [0.3, 0.4) is 0 Å². The number of halogens is 2. The van der Waals surface area contributed by atoms with E-state index in [0.29, 0.717) is 12.8 Å². The number of Topliss-reactive ketones (excluding diaryl/α,β-unsaturated/α-hetero) is 1. The molecule has 42 heavy (non-hydrogen) atoms. The van der Waals surface area contributed by atoms with E-state index in [1.54, 1.807) is 0 Å². The number of esters is 1. The van der Waals surface area contributed by atoms with Crippen molar-refractivity contribution in [2.75, 3.05) is 6.61 Å². The SMILES string of the molecule is CC(C)C[C@H](NC(=O)OCc1ccccc1)C(=O)N[C@@H](CCc1ccccc1)C(=O)COC(=O)c1cc(Cl)ccc1Cl.[HH].[HH]. The molecule has 2 N–H and O–H groups in total. The van der Waals surface area contributed by atoms with Gasteiger partial charge in [0.1, 0.15) is 12.6 Å². The lowest BCUT2D eigenvalue weighted by atomic mass is 10.00. The van der Waals surface area contributed by atoms with E-state index in [1.165, 1.54) is 18.2 Å². The first-order chi connectivity index (χ1) is 20.1. The second-order valence-corrected chi connectivity index (χ2v) is 11.0. The quantitative estimate of drug-likeness (QED) is 0.196. The van der Waals surface area contributed by atoms with Crippen molar-refractivity contribution in [2.45, 2.75) is 51.8 Å². The number of aryl methyl sites for hydroxylation is 1. The Bertz CT molecular complexity index is 1360. The number of rotatable bonds is 14. The second-order valence-electron chi connectivity index (χ2n) is 10.1. The maximum Gasteiger partial charge on any atom is 0.408 e. The second kappa shape index (κ2) is 16.5. The van der Waals surface area contributed by atoms with Crippen LogP contribution in [0.1, 0.15) is 51.0 Å². The molecule has 0 saturated carbocycles. The van der Waals surface area contributed by atoms with Crippen molar-refractivity contribution in [1.29, 1.82) is 0 Å². The summed E-state index contributed by atoms with van der Waals surface area (Å²) in [5.74, 6) is -1.82. The van der Waals surface area contributed by atoms with E-state index in [-0.39, 0.29) is 37.4 Å². The Balaban J connectivity index is 0.00000484. The number of alkyl carbamates (subject to hydrolysis) is 1. The Kier molecular flexibility index (Phi) is 12.8. The van der Waals surface area contributed by atoms with Crippen LogP contribution in [0.5, 0.6) is 0 Å². The van der Waals surface area contributed by atoms with Gasteiger partial charge < -0.3 is 20.1 Å². The fourth-order valence-corrected chi connectivity index (χ4v) is 4.49. The van der Waals surface area contributed by atoms with E-state index >= 15 is 0 Å². The van der Waals surface area contributed by atoms with Gasteiger partial charge in [-0.3, -0.25) is 9.59 Å². The average molecular weight is 618 g/mol. The third-order valence-corrected chi connectivity index (χ3v) is 6.86. The normalized spacial score (nSPS) is 12.2. The molecular weight excluding hydrogens is 579 g/mol. The Morgan fingerprint density at radius 3 is 2.10 bits per heavy atom. The molecule has 3 aromatic rings. The standard InChI is InChI=1S/C32H34Cl2N2O6.2H2/c1-21(2)17-28(36-32(40)42-19-23-11-7-4-8-12-23)30(38)35-27(16-13-22-9-5-3-6-10-22)29(37)20-41-31(39)25-18-24(33)14-15-26(25)34;;/h3-12,14-15,18,21,27-28H,13,16-17,19-20H2,1-2H3,(H,35,38)(H,36,40);2*1H/t27-,28-;;/m0../s1. The van der Waals surface area contributed by atoms with Crippen LogP contribution in [0.25, 0.3) is 0 Å². The summed E-state index contributed by atoms with van der Waals surface area (Å²) in [6.07, 6.45) is 0.289. The summed E-state index contributed by atoms with van der Waals surface area (Å²) in [7, 11) is 0. The van der Waals surface area contributed by atoms with Gasteiger partial charge in [-0.2, -0.15) is 0 Å². The minimum Gasteiger partial charge on any atom is -0.454 e. The van der Waals surface area contributed by atoms with Crippen molar-refractivity contribution < 1.29 is 31.5 Å². The van der Waals surface area contributed by atoms with E-state index in [2.05, 4.69) is 10.6 Å². The lowest BCUT2D eigenvalue weighted by molar-refractivity contribution is -0.130. The summed E-state index contributed by atoms with van der Waals surface area (Å²) in [6.45, 7) is 3.27. The van der Waals surface area contributed by atoms with Gasteiger partial charge in [-0.15, -0.1) is 0 Å². The molecule has 0 aromatic heterocycles. The van der Waals surface area contributed by atoms with Crippen LogP contribution < -0.4 is 10.6 Å². The van der Waals surface area contributed by atoms with Crippen LogP contribution >= 0.6 is 23.2 Å². The van der Waals surface area contributed by atoms with Gasteiger partial charge in [0.15, 0.2) is 12.4 Å². The largest absolute Gasteiger partial charge is 0.454 e. The maximum absolute atomic E-state index is 13.4. The van der Waals surface area contributed by atoms with Gasteiger partial charge in [0.25, 0.3) is 0 Å². The number of hydrogen-bond donors (Lipinski definition) is 2. The molecule has 0 spiro atoms. The van der Waals surface area contributed by atoms with Crippen molar-refractivity contribution in [3.63, 3.8) is 0 Å². The van der Waals surface area contributed by atoms with Gasteiger partial charge in [0.05, 0.1) is 16.6 Å². The van der Waals surface area contributed by atoms with Crippen molar-refractivity contribution in [2.24, 2.45) is 5.92 Å². The summed E-state index contributed by atoms with van der Waals surface area (Å²) in [5, 5.41) is 5.80. The summed E-state index contributed by atoms with van der Waals surface area (Å²) < 4.78 is 10.5. The molecule has 2 amide bonds. The Morgan fingerprint density at radius 1 is 0.810 bits per heavy atom. The summed E-state index contributed by atoms with van der Waals surface area (Å²) in [6, 6.07) is 21.0. The van der Waals surface area contributed by atoms with Crippen molar-refractivity contribution in [3.8, 4) is 0 Å². The molecule has 0 heterocycles. The molecule has 0 radical (unpaired) electrons. The molecule has 0 unspecified atom stereocenters. The number of hydrogen-bond acceptors (Lipinski definition) is 6. The highest BCUT2D eigenvalue weighted by Gasteiger charge is 2.28. The van der Waals surface area contributed by atoms with E-state index in [9.17, 15) is 19.2 Å². The highest BCUT2D eigenvalue weighted by molar-refractivity contribution is 6.35. The first kappa shape index (κ1) is 32.6. The minimum atomic E-state index is -0.989. The summed E-state index contributed by atoms with van der Waals surface area (Å²) in [5.41, 5.74) is 1.79. The molecule has 3 rings (SSSR count). The number of benzene rings is 3. The highest BCUT2D eigenvalue weighted by atomic mass is 35.5. The van der Waals surface area contributed by atoms with Crippen molar-refractivity contribution >= 4 is 47.0 Å². The topological polar surface area (TPSA) is 111 Å². The number of nitrogens with one attached hydrogen (secondary N) is 2. The third kappa shape index (κ3) is 10.8. The van der Waals surface area contributed by atoms with E-state index in [0.717, 1.165) is 11.1 Å². The zero-order valence-corrected chi connectivity index (χ0v) is 25.0. The molecule has 226 valence electrons. The average Bonchev–Trinajstić information content (AvgIpc) is 2.98. The van der Waals surface area contributed by atoms with E-state index in [4.69, 9.17) is 32.7 Å². The number of amides is 2. The molecule has 0 aliphatic heterocycles. The lowest BCUT2D eigenvalue weighted by Gasteiger charge is -2.24. The molecule has 10 heteroatoms. The predicted molar refractivity (Wildman–Crippen MR) is 166 cm³/mol. The van der Waals surface area contributed by atoms with E-state index < -0.39 is 42.4 Å². The van der Waals surface area contributed by atoms with Crippen LogP contribution in [0, 0.1) is 5.92 Å². The molecule has 0 fully saturated rings. The Morgan fingerprint density at radius 2 is 1.45 bits per heavy atom. The van der Waals surface area contributed by atoms with Crippen LogP contribution in [-0.2, 0) is 32.1 Å². The Hall–Kier alpha value is -3.88. The molecule has 0 aliphatic rings. The van der Waals surface area contributed by atoms with Crippen LogP contribution in [0.2, 0.25) is 10.0 Å². The molecule has 8 nitrogen and oxygen atoms in total. The number of carbonyl (C=O) groups is 4. The fraction of sp³-hybridized carbons (Fsp3) is 0.312. The lowest BCUT2D eigenvalue weighted by Crippen LogP contribution is -2.52. The van der Waals surface area contributed by atoms with Gasteiger partial charge in [-0.25, -0.2) is 9.59 Å². The van der Waals surface area contributed by atoms with Gasteiger partial charge in [-0.05, 0) is 54.5 Å². The zero-order valence-electron chi connectivity index (χ0n) is 23.5. The smallest absolute Gasteiger partial charge is 0.408 e. The highest BCUT2D eigenvalue weighted by Crippen LogP contribution is 2.21. The number of ketones is 1. The first-order valence-corrected chi connectivity index (χ1v) is 14.3. The minimum absolute atomic E-state index is 0. The predicted octanol–water partition coefficient (Wildman–Crippen LogP) is 6.67.